The first kappa shape index (κ1) is 11.2. The number of methoxy groups -OCH3 is 2. The molecule has 0 aromatic carbocycles. The van der Waals surface area contributed by atoms with Gasteiger partial charge < -0.3 is 14.8 Å². The smallest absolute Gasteiger partial charge is 0.159 e. The molecule has 66 valence electrons. The van der Waals surface area contributed by atoms with Gasteiger partial charge in [0, 0.05) is 14.2 Å². The van der Waals surface area contributed by atoms with Gasteiger partial charge in [-0.3, -0.25) is 0 Å². The van der Waals surface area contributed by atoms with E-state index < -0.39 is 5.72 Å². The fraction of sp³-hybridized carbons (Fsp3) is 0.833. The van der Waals surface area contributed by atoms with Crippen LogP contribution >= 0.6 is 24.8 Å². The number of ether oxygens (including phenoxy) is 2. The zero-order valence-electron chi connectivity index (χ0n) is 6.88. The van der Waals surface area contributed by atoms with E-state index >= 15 is 0 Å². The Morgan fingerprint density at radius 3 is 2.45 bits per heavy atom. The van der Waals surface area contributed by atoms with Gasteiger partial charge in [0.25, 0.3) is 0 Å². The first-order valence-electron chi connectivity index (χ1n) is 3.09. The highest BCUT2D eigenvalue weighted by atomic mass is 32.1. The van der Waals surface area contributed by atoms with E-state index in [0.717, 1.165) is 0 Å². The summed E-state index contributed by atoms with van der Waals surface area (Å²) in [5.74, 6) is 0. The Morgan fingerprint density at radius 1 is 1.64 bits per heavy atom. The molecule has 11 heavy (non-hydrogen) atoms. The summed E-state index contributed by atoms with van der Waals surface area (Å²) in [7, 11) is 3.18. The molecule has 3 nitrogen and oxygen atoms in total. The first-order valence-corrected chi connectivity index (χ1v) is 3.95. The fourth-order valence-corrected chi connectivity index (χ4v) is 1.10. The summed E-state index contributed by atoms with van der Waals surface area (Å²) in [6, 6.07) is 0. The minimum absolute atomic E-state index is 0.395. The highest BCUT2D eigenvalue weighted by Crippen LogP contribution is 2.05. The molecule has 0 saturated heterocycles. The molecule has 0 amide bonds. The summed E-state index contributed by atoms with van der Waals surface area (Å²) in [6.07, 6.45) is 0. The van der Waals surface area contributed by atoms with Crippen molar-refractivity contribution in [1.29, 1.82) is 0 Å². The van der Waals surface area contributed by atoms with Crippen molar-refractivity contribution >= 4 is 29.2 Å². The molecule has 0 aromatic heterocycles. The second-order valence-electron chi connectivity index (χ2n) is 2.30. The van der Waals surface area contributed by atoms with E-state index in [1.807, 2.05) is 6.92 Å². The molecule has 0 radical (unpaired) electrons. The lowest BCUT2D eigenvalue weighted by atomic mass is 10.3. The van der Waals surface area contributed by atoms with Crippen LogP contribution in [0.4, 0.5) is 0 Å². The minimum Gasteiger partial charge on any atom is -0.380 e. The van der Waals surface area contributed by atoms with Crippen molar-refractivity contribution in [3.63, 3.8) is 0 Å². The molecule has 0 aliphatic heterocycles. The molecule has 1 N–H and O–H groups in total. The molecular formula is C6H13NO2S2. The Bertz CT molecular complexity index is 143. The normalized spacial score (nSPS) is 15.6. The van der Waals surface area contributed by atoms with Crippen molar-refractivity contribution in [3.05, 3.63) is 0 Å². The monoisotopic (exact) mass is 195 g/mol. The van der Waals surface area contributed by atoms with E-state index in [4.69, 9.17) is 21.7 Å². The molecule has 0 spiro atoms. The third-order valence-electron chi connectivity index (χ3n) is 1.24. The number of nitrogens with one attached hydrogen (secondary N) is 1. The second kappa shape index (κ2) is 4.92. The molecule has 0 bridgehead atoms. The van der Waals surface area contributed by atoms with Gasteiger partial charge in [0.15, 0.2) is 5.72 Å². The molecule has 0 fully saturated rings. The predicted molar refractivity (Wildman–Crippen MR) is 52.0 cm³/mol. The van der Waals surface area contributed by atoms with Crippen LogP contribution < -0.4 is 5.32 Å². The van der Waals surface area contributed by atoms with E-state index in [9.17, 15) is 0 Å². The summed E-state index contributed by atoms with van der Waals surface area (Å²) in [6.45, 7) is 2.25. The lowest BCUT2D eigenvalue weighted by molar-refractivity contribution is -0.0602. The van der Waals surface area contributed by atoms with Crippen LogP contribution in [0.25, 0.3) is 0 Å². The van der Waals surface area contributed by atoms with Crippen molar-refractivity contribution in [2.24, 2.45) is 0 Å². The summed E-state index contributed by atoms with van der Waals surface area (Å²) < 4.78 is 10.4. The van der Waals surface area contributed by atoms with Crippen LogP contribution in [0, 0.1) is 0 Å². The van der Waals surface area contributed by atoms with Gasteiger partial charge in [-0.05, 0) is 6.92 Å². The third kappa shape index (κ3) is 4.58. The maximum Gasteiger partial charge on any atom is 0.159 e. The van der Waals surface area contributed by atoms with Crippen LogP contribution in [0.2, 0.25) is 0 Å². The standard InChI is InChI=1S/C6H13NO2S2/c1-6(9-3,4-8-2)7-5(10)11/h4H2,1-3H3,(H2,7,10,11). The largest absolute Gasteiger partial charge is 0.380 e. The van der Waals surface area contributed by atoms with E-state index in [-0.39, 0.29) is 0 Å². The maximum atomic E-state index is 5.12. The average Bonchev–Trinajstić information content (AvgIpc) is 1.87. The Morgan fingerprint density at radius 2 is 2.18 bits per heavy atom. The molecule has 5 heteroatoms. The molecule has 0 aromatic rings. The van der Waals surface area contributed by atoms with Gasteiger partial charge >= 0.3 is 0 Å². The van der Waals surface area contributed by atoms with Crippen LogP contribution in [0.1, 0.15) is 6.92 Å². The molecule has 0 aliphatic rings. The van der Waals surface area contributed by atoms with Gasteiger partial charge in [-0.15, -0.1) is 12.6 Å². The predicted octanol–water partition coefficient (Wildman–Crippen LogP) is 0.800. The lowest BCUT2D eigenvalue weighted by Crippen LogP contribution is -2.49. The topological polar surface area (TPSA) is 30.5 Å². The molecule has 0 heterocycles. The Balaban J connectivity index is 3.98. The van der Waals surface area contributed by atoms with Gasteiger partial charge in [-0.1, -0.05) is 12.2 Å². The van der Waals surface area contributed by atoms with E-state index in [0.29, 0.717) is 10.9 Å². The van der Waals surface area contributed by atoms with Crippen molar-refractivity contribution in [2.45, 2.75) is 12.6 Å². The summed E-state index contributed by atoms with van der Waals surface area (Å²) in [5, 5.41) is 2.86. The van der Waals surface area contributed by atoms with E-state index in [1.165, 1.54) is 0 Å². The molecule has 0 saturated carbocycles. The number of thiol groups is 1. The van der Waals surface area contributed by atoms with Gasteiger partial charge in [-0.2, -0.15) is 0 Å². The molecule has 0 rings (SSSR count). The Kier molecular flexibility index (Phi) is 4.99. The number of hydrogen-bond donors (Lipinski definition) is 2. The zero-order valence-corrected chi connectivity index (χ0v) is 8.59. The highest BCUT2D eigenvalue weighted by Gasteiger charge is 2.22. The number of rotatable bonds is 4. The summed E-state index contributed by atoms with van der Waals surface area (Å²) >= 11 is 8.66. The van der Waals surface area contributed by atoms with Crippen molar-refractivity contribution in [1.82, 2.24) is 5.32 Å². The van der Waals surface area contributed by atoms with Gasteiger partial charge in [0.1, 0.15) is 4.32 Å². The lowest BCUT2D eigenvalue weighted by Gasteiger charge is -2.28. The van der Waals surface area contributed by atoms with Crippen molar-refractivity contribution < 1.29 is 9.47 Å². The molecule has 1 atom stereocenters. The van der Waals surface area contributed by atoms with E-state index in [2.05, 4.69) is 17.9 Å². The van der Waals surface area contributed by atoms with E-state index in [1.54, 1.807) is 14.2 Å². The van der Waals surface area contributed by atoms with Crippen molar-refractivity contribution in [2.75, 3.05) is 20.8 Å². The van der Waals surface area contributed by atoms with Gasteiger partial charge in [-0.25, -0.2) is 0 Å². The summed E-state index contributed by atoms with van der Waals surface area (Å²) in [5.41, 5.74) is -0.576. The molecular weight excluding hydrogens is 182 g/mol. The van der Waals surface area contributed by atoms with Crippen LogP contribution in [-0.2, 0) is 9.47 Å². The quantitative estimate of drug-likeness (QED) is 0.395. The third-order valence-corrected chi connectivity index (χ3v) is 1.46. The highest BCUT2D eigenvalue weighted by molar-refractivity contribution is 8.11. The Labute approximate surface area is 77.9 Å². The summed E-state index contributed by atoms with van der Waals surface area (Å²) in [4.78, 5) is 0. The molecule has 1 unspecified atom stereocenters. The van der Waals surface area contributed by atoms with Gasteiger partial charge in [0.05, 0.1) is 6.61 Å². The first-order chi connectivity index (χ1) is 5.04. The van der Waals surface area contributed by atoms with Crippen LogP contribution in [-0.4, -0.2) is 30.9 Å². The van der Waals surface area contributed by atoms with Gasteiger partial charge in [0.2, 0.25) is 0 Å². The maximum absolute atomic E-state index is 5.12. The zero-order chi connectivity index (χ0) is 8.91. The average molecular weight is 195 g/mol. The molecule has 0 aliphatic carbocycles. The second-order valence-corrected chi connectivity index (χ2v) is 3.46. The SMILES string of the molecule is COCC(C)(NC(=S)S)OC. The fourth-order valence-electron chi connectivity index (χ4n) is 0.648. The number of thiocarbonyl (C=S) groups is 1. The van der Waals surface area contributed by atoms with Crippen molar-refractivity contribution in [3.8, 4) is 0 Å². The Hall–Kier alpha value is 0.160. The van der Waals surface area contributed by atoms with Crippen LogP contribution in [0.3, 0.4) is 0 Å². The number of hydrogen-bond acceptors (Lipinski definition) is 3. The van der Waals surface area contributed by atoms with Crippen LogP contribution in [0.15, 0.2) is 0 Å². The minimum atomic E-state index is -0.576. The van der Waals surface area contributed by atoms with Crippen LogP contribution in [0.5, 0.6) is 0 Å².